The number of aromatic nitrogens is 1. The number of ether oxygens (including phenoxy) is 7. The van der Waals surface area contributed by atoms with Gasteiger partial charge in [0.15, 0.2) is 34.5 Å². The summed E-state index contributed by atoms with van der Waals surface area (Å²) < 4.78 is 48.8. The van der Waals surface area contributed by atoms with Crippen molar-refractivity contribution in [3.8, 4) is 51.4 Å². The molecule has 6 heterocycles. The molecule has 3 N–H and O–H groups in total. The lowest BCUT2D eigenvalue weighted by Gasteiger charge is -2.18. The van der Waals surface area contributed by atoms with E-state index in [-0.39, 0.29) is 51.3 Å². The van der Waals surface area contributed by atoms with Gasteiger partial charge in [-0.25, -0.2) is 19.2 Å². The molecule has 3 aliphatic heterocycles. The van der Waals surface area contributed by atoms with Crippen LogP contribution in [0, 0.1) is 0 Å². The number of nitrogens with zero attached hydrogens (tertiary/aromatic N) is 1. The fourth-order valence-corrected chi connectivity index (χ4v) is 8.64. The number of benzene rings is 3. The van der Waals surface area contributed by atoms with Crippen LogP contribution in [0.1, 0.15) is 38.5 Å². The number of hydrogen-bond donors (Lipinski definition) is 3. The van der Waals surface area contributed by atoms with E-state index < -0.39 is 41.7 Å². The number of hydrogen-bond acceptors (Lipinski definition) is 15. The minimum atomic E-state index is -0.681. The van der Waals surface area contributed by atoms with Gasteiger partial charge in [0.25, 0.3) is 0 Å². The van der Waals surface area contributed by atoms with E-state index >= 15 is 0 Å². The molecule has 3 aromatic carbocycles. The molecule has 0 spiro atoms. The van der Waals surface area contributed by atoms with Crippen molar-refractivity contribution < 1.29 is 52.0 Å². The van der Waals surface area contributed by atoms with E-state index in [0.717, 1.165) is 25.8 Å². The van der Waals surface area contributed by atoms with Gasteiger partial charge >= 0.3 is 23.5 Å². The minimum absolute atomic E-state index is 0.0894. The molecule has 3 fully saturated rings. The Morgan fingerprint density at radius 1 is 0.600 bits per heavy atom. The number of methoxy groups -OCH3 is 4. The Balaban J connectivity index is 1.33. The summed E-state index contributed by atoms with van der Waals surface area (Å²) in [5, 5.41) is 11.5. The summed E-state index contributed by atoms with van der Waals surface area (Å²) in [5.74, 6) is 0.0769. The van der Waals surface area contributed by atoms with E-state index in [1.165, 1.54) is 34.5 Å². The standard InChI is InChI=1S/C44H44N4O12/c1-53-31-18-22(11-12-29(31)57-41(49)26-8-5-14-45-26)35-36-25-20-32(54-2)33(59-42(50)27-9-6-15-46-27)21-30(25)58-44(52)38(36)48-17-13-23-24(37(35)48)19-34(55-3)40(56-4)39(23)60-43(51)28-10-7-16-47-28/h11-13,17-21,26-28,45-47H,5-10,14-16H2,1-4H3/t26-,27-,28-/m0/s1. The molecule has 3 saturated heterocycles. The number of carbonyl (C=O) groups excluding carboxylic acids is 3. The Morgan fingerprint density at radius 2 is 1.18 bits per heavy atom. The summed E-state index contributed by atoms with van der Waals surface area (Å²) in [7, 11) is 5.89. The quantitative estimate of drug-likeness (QED) is 0.0898. The Bertz CT molecular complexity index is 2760. The number of carbonyl (C=O) groups is 3. The summed E-state index contributed by atoms with van der Waals surface area (Å²) in [6.07, 6.45) is 6.15. The SMILES string of the molecule is COc1cc(-c2c3c4cc(OC)c(OC(=O)[C@@H]5CCCN5)cc4oc(=O)c3n3ccc4c(OC(=O)[C@@H]5CCCN5)c(OC)c(OC)cc4c23)ccc1OC(=O)[C@@H]1CCCN1. The van der Waals surface area contributed by atoms with E-state index in [2.05, 4.69) is 16.0 Å². The fourth-order valence-electron chi connectivity index (χ4n) is 8.64. The zero-order valence-electron chi connectivity index (χ0n) is 33.6. The van der Waals surface area contributed by atoms with Crippen LogP contribution in [0.15, 0.2) is 57.9 Å². The number of esters is 3. The van der Waals surface area contributed by atoms with Gasteiger partial charge in [-0.05, 0) is 94.1 Å². The fraction of sp³-hybridized carbons (Fsp3) is 0.364. The second kappa shape index (κ2) is 16.0. The lowest BCUT2D eigenvalue weighted by atomic mass is 9.97. The number of pyridine rings is 1. The number of nitrogens with one attached hydrogen (secondary N) is 3. The van der Waals surface area contributed by atoms with Crippen molar-refractivity contribution in [2.24, 2.45) is 0 Å². The molecule has 312 valence electrons. The molecule has 0 unspecified atom stereocenters. The van der Waals surface area contributed by atoms with Crippen molar-refractivity contribution in [2.45, 2.75) is 56.7 Å². The first-order valence-corrected chi connectivity index (χ1v) is 20.0. The maximum absolute atomic E-state index is 14.3. The summed E-state index contributed by atoms with van der Waals surface area (Å²) in [4.78, 5) is 54.2. The van der Waals surface area contributed by atoms with Crippen molar-refractivity contribution >= 4 is 56.1 Å². The van der Waals surface area contributed by atoms with Crippen LogP contribution in [0.2, 0.25) is 0 Å². The van der Waals surface area contributed by atoms with Crippen molar-refractivity contribution in [2.75, 3.05) is 48.1 Å². The topological polar surface area (TPSA) is 187 Å². The van der Waals surface area contributed by atoms with Crippen LogP contribution in [-0.2, 0) is 14.4 Å². The van der Waals surface area contributed by atoms with Gasteiger partial charge in [0.2, 0.25) is 5.75 Å². The Hall–Kier alpha value is -6.36. The van der Waals surface area contributed by atoms with E-state index in [1.807, 2.05) is 0 Å². The third-order valence-electron chi connectivity index (χ3n) is 11.6. The van der Waals surface area contributed by atoms with Crippen molar-refractivity contribution in [1.29, 1.82) is 0 Å². The van der Waals surface area contributed by atoms with Gasteiger partial charge < -0.3 is 57.9 Å². The molecule has 16 nitrogen and oxygen atoms in total. The molecule has 3 aliphatic rings. The smallest absolute Gasteiger partial charge is 0.361 e. The molecule has 9 rings (SSSR count). The van der Waals surface area contributed by atoms with Crippen LogP contribution in [0.5, 0.6) is 40.2 Å². The van der Waals surface area contributed by atoms with Crippen LogP contribution < -0.4 is 54.7 Å². The summed E-state index contributed by atoms with van der Waals surface area (Å²) in [5.41, 5.74) is 1.27. The van der Waals surface area contributed by atoms with Gasteiger partial charge in [-0.2, -0.15) is 0 Å². The summed E-state index contributed by atoms with van der Waals surface area (Å²) in [6.45, 7) is 2.12. The number of rotatable bonds is 11. The predicted molar refractivity (Wildman–Crippen MR) is 220 cm³/mol. The maximum atomic E-state index is 14.3. The first-order valence-electron chi connectivity index (χ1n) is 20.0. The van der Waals surface area contributed by atoms with Gasteiger partial charge in [-0.15, -0.1) is 0 Å². The van der Waals surface area contributed by atoms with Gasteiger partial charge in [0.05, 0.1) is 34.0 Å². The van der Waals surface area contributed by atoms with Crippen LogP contribution >= 0.6 is 0 Å². The van der Waals surface area contributed by atoms with Crippen molar-refractivity contribution in [3.63, 3.8) is 0 Å². The van der Waals surface area contributed by atoms with Crippen LogP contribution in [0.4, 0.5) is 0 Å². The maximum Gasteiger partial charge on any atom is 0.361 e. The molecule has 0 bridgehead atoms. The molecule has 0 aliphatic carbocycles. The molecular weight excluding hydrogens is 776 g/mol. The zero-order chi connectivity index (χ0) is 41.7. The first-order chi connectivity index (χ1) is 29.2. The van der Waals surface area contributed by atoms with Gasteiger partial charge in [-0.3, -0.25) is 0 Å². The zero-order valence-corrected chi connectivity index (χ0v) is 33.6. The molecular formula is C44H44N4O12. The molecule has 0 amide bonds. The van der Waals surface area contributed by atoms with Crippen molar-refractivity contribution in [1.82, 2.24) is 20.4 Å². The Morgan fingerprint density at radius 3 is 1.77 bits per heavy atom. The molecule has 3 aromatic heterocycles. The normalized spacial score (nSPS) is 19.0. The lowest BCUT2D eigenvalue weighted by Crippen LogP contribution is -2.34. The van der Waals surface area contributed by atoms with Crippen LogP contribution in [0.3, 0.4) is 0 Å². The second-order valence-corrected chi connectivity index (χ2v) is 15.0. The monoisotopic (exact) mass is 820 g/mol. The third-order valence-corrected chi connectivity index (χ3v) is 11.6. The second-order valence-electron chi connectivity index (χ2n) is 15.0. The van der Waals surface area contributed by atoms with Crippen LogP contribution in [0.25, 0.3) is 49.3 Å². The summed E-state index contributed by atoms with van der Waals surface area (Å²) >= 11 is 0. The molecule has 0 radical (unpaired) electrons. The van der Waals surface area contributed by atoms with Crippen LogP contribution in [-0.4, -0.2) is 88.5 Å². The van der Waals surface area contributed by atoms with E-state index in [1.54, 1.807) is 47.0 Å². The molecule has 16 heteroatoms. The summed E-state index contributed by atoms with van der Waals surface area (Å²) in [6, 6.07) is 10.4. The van der Waals surface area contributed by atoms with E-state index in [4.69, 9.17) is 37.6 Å². The molecule has 60 heavy (non-hydrogen) atoms. The predicted octanol–water partition coefficient (Wildman–Crippen LogP) is 5.03. The number of fused-ring (bicyclic) bond motifs is 7. The average Bonchev–Trinajstić information content (AvgIpc) is 4.11. The van der Waals surface area contributed by atoms with Gasteiger partial charge in [0, 0.05) is 39.4 Å². The first kappa shape index (κ1) is 39.1. The largest absolute Gasteiger partial charge is 0.493 e. The average molecular weight is 821 g/mol. The Kier molecular flexibility index (Phi) is 10.4. The third kappa shape index (κ3) is 6.70. The highest BCUT2D eigenvalue weighted by atomic mass is 16.6. The van der Waals surface area contributed by atoms with Crippen molar-refractivity contribution in [3.05, 3.63) is 59.1 Å². The highest BCUT2D eigenvalue weighted by molar-refractivity contribution is 6.22. The molecule has 3 atom stereocenters. The highest BCUT2D eigenvalue weighted by Crippen LogP contribution is 2.50. The van der Waals surface area contributed by atoms with Gasteiger partial charge in [0.1, 0.15) is 29.2 Å². The highest BCUT2D eigenvalue weighted by Gasteiger charge is 2.32. The Labute approximate surface area is 342 Å². The van der Waals surface area contributed by atoms with E-state index in [0.29, 0.717) is 70.5 Å². The molecule has 6 aromatic rings. The van der Waals surface area contributed by atoms with E-state index in [9.17, 15) is 19.2 Å². The van der Waals surface area contributed by atoms with Gasteiger partial charge in [-0.1, -0.05) is 6.07 Å². The minimum Gasteiger partial charge on any atom is -0.493 e. The molecule has 0 saturated carbocycles. The lowest BCUT2D eigenvalue weighted by molar-refractivity contribution is -0.137.